The summed E-state index contributed by atoms with van der Waals surface area (Å²) in [6, 6.07) is 0. The summed E-state index contributed by atoms with van der Waals surface area (Å²) < 4.78 is 0. The van der Waals surface area contributed by atoms with Crippen LogP contribution in [0.5, 0.6) is 0 Å². The Bertz CT molecular complexity index is 98.2. The number of aliphatic hydroxyl groups excluding tert-OH is 1. The van der Waals surface area contributed by atoms with Crippen LogP contribution in [0.15, 0.2) is 0 Å². The first-order valence-corrected chi connectivity index (χ1v) is 5.30. The molecule has 0 bridgehead atoms. The van der Waals surface area contributed by atoms with Crippen LogP contribution in [-0.2, 0) is 0 Å². The van der Waals surface area contributed by atoms with Gasteiger partial charge in [-0.3, -0.25) is 0 Å². The summed E-state index contributed by atoms with van der Waals surface area (Å²) in [4.78, 5) is 0. The topological polar surface area (TPSA) is 20.2 Å². The molecule has 0 aliphatic heterocycles. The van der Waals surface area contributed by atoms with Crippen molar-refractivity contribution >= 4 is 0 Å². The van der Waals surface area contributed by atoms with E-state index in [1.165, 1.54) is 6.42 Å². The Hall–Kier alpha value is -0.0400. The number of hydrogen-bond donors (Lipinski definition) is 1. The molecule has 0 heterocycles. The Morgan fingerprint density at radius 2 is 1.23 bits per heavy atom. The molecule has 1 heteroatoms. The highest BCUT2D eigenvalue weighted by Gasteiger charge is 2.11. The lowest BCUT2D eigenvalue weighted by Gasteiger charge is -2.19. The monoisotopic (exact) mass is 188 g/mol. The predicted octanol–water partition coefficient (Wildman–Crippen LogP) is 3.71. The summed E-state index contributed by atoms with van der Waals surface area (Å²) in [5.41, 5.74) is 0.522. The second-order valence-corrected chi connectivity index (χ2v) is 5.74. The molecule has 0 radical (unpaired) electrons. The quantitative estimate of drug-likeness (QED) is 0.700. The van der Waals surface area contributed by atoms with E-state index < -0.39 is 0 Å². The van der Waals surface area contributed by atoms with E-state index in [2.05, 4.69) is 34.6 Å². The fourth-order valence-electron chi connectivity index (χ4n) is 1.22. The van der Waals surface area contributed by atoms with Gasteiger partial charge < -0.3 is 5.11 Å². The van der Waals surface area contributed by atoms with Gasteiger partial charge in [-0.25, -0.2) is 0 Å². The van der Waals surface area contributed by atoms with Crippen molar-refractivity contribution < 1.29 is 5.11 Å². The summed E-state index contributed by atoms with van der Waals surface area (Å²) in [5.74, 6) is 1.28. The standard InChI is InChI=1S/C8H18.C4H10O/c1-7(2)6-8(3,4)5;1-4(2)3-5/h7H,6H2,1-5H3;4-5H,3H2,1-2H3. The van der Waals surface area contributed by atoms with E-state index in [0.29, 0.717) is 17.9 Å². The molecule has 0 aliphatic rings. The molecule has 1 nitrogen and oxygen atoms in total. The van der Waals surface area contributed by atoms with Crippen LogP contribution >= 0.6 is 0 Å². The van der Waals surface area contributed by atoms with Crippen LogP contribution < -0.4 is 0 Å². The average Bonchev–Trinajstić information content (AvgIpc) is 1.83. The third-order valence-electron chi connectivity index (χ3n) is 1.39. The minimum absolute atomic E-state index is 0.306. The lowest BCUT2D eigenvalue weighted by molar-refractivity contribution is 0.248. The number of hydrogen-bond acceptors (Lipinski definition) is 1. The van der Waals surface area contributed by atoms with Crippen molar-refractivity contribution in [1.29, 1.82) is 0 Å². The maximum absolute atomic E-state index is 8.14. The highest BCUT2D eigenvalue weighted by atomic mass is 16.3. The van der Waals surface area contributed by atoms with Gasteiger partial charge in [0.15, 0.2) is 0 Å². The van der Waals surface area contributed by atoms with Crippen LogP contribution in [0, 0.1) is 17.3 Å². The SMILES string of the molecule is CC(C)CC(C)(C)C.CC(C)CO. The van der Waals surface area contributed by atoms with Crippen LogP contribution in [-0.4, -0.2) is 11.7 Å². The van der Waals surface area contributed by atoms with Gasteiger partial charge >= 0.3 is 0 Å². The molecule has 0 saturated carbocycles. The molecule has 0 aromatic carbocycles. The number of rotatable bonds is 2. The lowest BCUT2D eigenvalue weighted by Crippen LogP contribution is -2.08. The van der Waals surface area contributed by atoms with Gasteiger partial charge in [0.2, 0.25) is 0 Å². The van der Waals surface area contributed by atoms with Gasteiger partial charge in [-0.2, -0.15) is 0 Å². The van der Waals surface area contributed by atoms with E-state index in [-0.39, 0.29) is 0 Å². The van der Waals surface area contributed by atoms with Crippen LogP contribution in [0.25, 0.3) is 0 Å². The zero-order chi connectivity index (χ0) is 11.1. The van der Waals surface area contributed by atoms with Crippen LogP contribution in [0.4, 0.5) is 0 Å². The third-order valence-corrected chi connectivity index (χ3v) is 1.39. The van der Waals surface area contributed by atoms with E-state index in [1.807, 2.05) is 13.8 Å². The molecular formula is C12H28O. The molecule has 0 atom stereocenters. The first-order valence-electron chi connectivity index (χ1n) is 5.30. The summed E-state index contributed by atoms with van der Waals surface area (Å²) in [7, 11) is 0. The first kappa shape index (κ1) is 15.4. The Morgan fingerprint density at radius 3 is 1.23 bits per heavy atom. The molecule has 0 unspecified atom stereocenters. The highest BCUT2D eigenvalue weighted by molar-refractivity contribution is 4.62. The minimum Gasteiger partial charge on any atom is -0.396 e. The first-order chi connectivity index (χ1) is 5.69. The summed E-state index contributed by atoms with van der Waals surface area (Å²) >= 11 is 0. The molecule has 13 heavy (non-hydrogen) atoms. The molecule has 0 aromatic heterocycles. The van der Waals surface area contributed by atoms with Crippen LogP contribution in [0.1, 0.15) is 54.9 Å². The van der Waals surface area contributed by atoms with Gasteiger partial charge in [0.1, 0.15) is 0 Å². The molecule has 0 spiro atoms. The second-order valence-electron chi connectivity index (χ2n) is 5.74. The van der Waals surface area contributed by atoms with E-state index in [0.717, 1.165) is 5.92 Å². The van der Waals surface area contributed by atoms with Crippen molar-refractivity contribution in [1.82, 2.24) is 0 Å². The normalized spacial score (nSPS) is 11.5. The van der Waals surface area contributed by atoms with Crippen molar-refractivity contribution in [3.8, 4) is 0 Å². The van der Waals surface area contributed by atoms with Gasteiger partial charge in [-0.1, -0.05) is 48.5 Å². The lowest BCUT2D eigenvalue weighted by atomic mass is 9.86. The maximum Gasteiger partial charge on any atom is 0.0453 e. The van der Waals surface area contributed by atoms with E-state index in [9.17, 15) is 0 Å². The molecule has 82 valence electrons. The van der Waals surface area contributed by atoms with Gasteiger partial charge in [0.05, 0.1) is 0 Å². The summed E-state index contributed by atoms with van der Waals surface area (Å²) in [5, 5.41) is 8.14. The largest absolute Gasteiger partial charge is 0.396 e. The Balaban J connectivity index is 0. The van der Waals surface area contributed by atoms with E-state index in [4.69, 9.17) is 5.11 Å². The average molecular weight is 188 g/mol. The molecule has 0 aliphatic carbocycles. The van der Waals surface area contributed by atoms with E-state index >= 15 is 0 Å². The predicted molar refractivity (Wildman–Crippen MR) is 60.8 cm³/mol. The summed E-state index contributed by atoms with van der Waals surface area (Å²) in [6.45, 7) is 15.6. The van der Waals surface area contributed by atoms with Crippen LogP contribution in [0.3, 0.4) is 0 Å². The minimum atomic E-state index is 0.306. The molecule has 0 fully saturated rings. The van der Waals surface area contributed by atoms with Crippen molar-refractivity contribution in [3.63, 3.8) is 0 Å². The Morgan fingerprint density at radius 1 is 0.923 bits per heavy atom. The van der Waals surface area contributed by atoms with Crippen molar-refractivity contribution in [2.24, 2.45) is 17.3 Å². The van der Waals surface area contributed by atoms with Gasteiger partial charge in [-0.05, 0) is 23.7 Å². The smallest absolute Gasteiger partial charge is 0.0453 e. The third kappa shape index (κ3) is 24.5. The zero-order valence-corrected chi connectivity index (χ0v) is 10.5. The van der Waals surface area contributed by atoms with Crippen molar-refractivity contribution in [2.75, 3.05) is 6.61 Å². The Labute approximate surface area is 84.6 Å². The second kappa shape index (κ2) is 7.37. The van der Waals surface area contributed by atoms with Gasteiger partial charge in [-0.15, -0.1) is 0 Å². The molecular weight excluding hydrogens is 160 g/mol. The van der Waals surface area contributed by atoms with Gasteiger partial charge in [0.25, 0.3) is 0 Å². The molecule has 0 saturated heterocycles. The maximum atomic E-state index is 8.14. The van der Waals surface area contributed by atoms with Crippen molar-refractivity contribution in [3.05, 3.63) is 0 Å². The molecule has 0 rings (SSSR count). The number of aliphatic hydroxyl groups is 1. The highest BCUT2D eigenvalue weighted by Crippen LogP contribution is 2.23. The Kier molecular flexibility index (Phi) is 8.75. The fourth-order valence-corrected chi connectivity index (χ4v) is 1.22. The van der Waals surface area contributed by atoms with Gasteiger partial charge in [0, 0.05) is 6.61 Å². The van der Waals surface area contributed by atoms with Crippen molar-refractivity contribution in [2.45, 2.75) is 54.9 Å². The van der Waals surface area contributed by atoms with Crippen LogP contribution in [0.2, 0.25) is 0 Å². The van der Waals surface area contributed by atoms with E-state index in [1.54, 1.807) is 0 Å². The summed E-state index contributed by atoms with van der Waals surface area (Å²) in [6.07, 6.45) is 1.33. The molecule has 1 N–H and O–H groups in total. The molecule has 0 amide bonds. The molecule has 0 aromatic rings. The zero-order valence-electron chi connectivity index (χ0n) is 10.5. The fraction of sp³-hybridized carbons (Fsp3) is 1.00.